The summed E-state index contributed by atoms with van der Waals surface area (Å²) >= 11 is 0. The molecular formula is C12H18N2O. The Morgan fingerprint density at radius 1 is 1.40 bits per heavy atom. The maximum Gasteiger partial charge on any atom is 0.118 e. The van der Waals surface area contributed by atoms with Gasteiger partial charge in [0.2, 0.25) is 0 Å². The molecule has 0 aromatic heterocycles. The van der Waals surface area contributed by atoms with Crippen molar-refractivity contribution in [3.05, 3.63) is 29.8 Å². The van der Waals surface area contributed by atoms with E-state index in [0.29, 0.717) is 0 Å². The SMILES string of the molecule is COc1ccc(C2(CCN)CCN2)cc1. The van der Waals surface area contributed by atoms with Crippen LogP contribution in [0.25, 0.3) is 0 Å². The van der Waals surface area contributed by atoms with Crippen LogP contribution in [0.2, 0.25) is 0 Å². The van der Waals surface area contributed by atoms with Crippen molar-refractivity contribution in [2.45, 2.75) is 18.4 Å². The van der Waals surface area contributed by atoms with Crippen LogP contribution in [0.15, 0.2) is 24.3 Å². The van der Waals surface area contributed by atoms with Gasteiger partial charge in [0, 0.05) is 5.54 Å². The summed E-state index contributed by atoms with van der Waals surface area (Å²) < 4.78 is 5.15. The second-order valence-electron chi connectivity index (χ2n) is 4.03. The Morgan fingerprint density at radius 3 is 2.47 bits per heavy atom. The van der Waals surface area contributed by atoms with E-state index in [9.17, 15) is 0 Å². The molecule has 3 heteroatoms. The molecule has 3 nitrogen and oxygen atoms in total. The van der Waals surface area contributed by atoms with Gasteiger partial charge >= 0.3 is 0 Å². The summed E-state index contributed by atoms with van der Waals surface area (Å²) in [6.45, 7) is 1.81. The Morgan fingerprint density at radius 2 is 2.07 bits per heavy atom. The van der Waals surface area contributed by atoms with Gasteiger partial charge in [-0.2, -0.15) is 0 Å². The molecule has 0 saturated carbocycles. The van der Waals surface area contributed by atoms with Crippen molar-refractivity contribution in [2.24, 2.45) is 5.73 Å². The number of hydrogen-bond donors (Lipinski definition) is 2. The van der Waals surface area contributed by atoms with Crippen molar-refractivity contribution in [1.29, 1.82) is 0 Å². The average molecular weight is 206 g/mol. The largest absolute Gasteiger partial charge is 0.497 e. The minimum absolute atomic E-state index is 0.126. The molecule has 1 aliphatic rings. The quantitative estimate of drug-likeness (QED) is 0.779. The lowest BCUT2D eigenvalue weighted by atomic mass is 9.78. The summed E-state index contributed by atoms with van der Waals surface area (Å²) in [6.07, 6.45) is 2.18. The number of hydrogen-bond acceptors (Lipinski definition) is 3. The van der Waals surface area contributed by atoms with Crippen molar-refractivity contribution in [3.63, 3.8) is 0 Å². The molecule has 0 amide bonds. The third-order valence-corrected chi connectivity index (χ3v) is 3.23. The van der Waals surface area contributed by atoms with Crippen molar-refractivity contribution >= 4 is 0 Å². The van der Waals surface area contributed by atoms with Gasteiger partial charge in [-0.15, -0.1) is 0 Å². The highest BCUT2D eigenvalue weighted by Crippen LogP contribution is 2.34. The first kappa shape index (κ1) is 10.5. The number of methoxy groups -OCH3 is 1. The fourth-order valence-corrected chi connectivity index (χ4v) is 2.19. The maximum atomic E-state index is 5.65. The molecule has 1 fully saturated rings. The summed E-state index contributed by atoms with van der Waals surface area (Å²) in [6, 6.07) is 8.27. The van der Waals surface area contributed by atoms with Crippen LogP contribution in [0.3, 0.4) is 0 Å². The molecule has 0 spiro atoms. The van der Waals surface area contributed by atoms with Crippen LogP contribution in [-0.2, 0) is 5.54 Å². The van der Waals surface area contributed by atoms with Crippen LogP contribution < -0.4 is 15.8 Å². The standard InChI is InChI=1S/C12H18N2O/c1-15-11-4-2-10(3-5-11)12(6-8-13)7-9-14-12/h2-5,14H,6-9,13H2,1H3. The Kier molecular flexibility index (Phi) is 2.93. The summed E-state index contributed by atoms with van der Waals surface area (Å²) in [7, 11) is 1.69. The van der Waals surface area contributed by atoms with E-state index >= 15 is 0 Å². The van der Waals surface area contributed by atoms with Crippen LogP contribution in [0.4, 0.5) is 0 Å². The van der Waals surface area contributed by atoms with Gasteiger partial charge in [-0.25, -0.2) is 0 Å². The second-order valence-corrected chi connectivity index (χ2v) is 4.03. The summed E-state index contributed by atoms with van der Waals surface area (Å²) in [5, 5.41) is 3.49. The third kappa shape index (κ3) is 1.85. The van der Waals surface area contributed by atoms with Crippen molar-refractivity contribution in [1.82, 2.24) is 5.32 Å². The average Bonchev–Trinajstić information content (AvgIpc) is 2.24. The zero-order chi connectivity index (χ0) is 10.7. The molecule has 0 aliphatic carbocycles. The highest BCUT2D eigenvalue weighted by Gasteiger charge is 2.36. The Balaban J connectivity index is 2.19. The highest BCUT2D eigenvalue weighted by atomic mass is 16.5. The second kappa shape index (κ2) is 4.21. The monoisotopic (exact) mass is 206 g/mol. The number of nitrogens with one attached hydrogen (secondary N) is 1. The molecular weight excluding hydrogens is 188 g/mol. The number of nitrogens with two attached hydrogens (primary N) is 1. The molecule has 1 saturated heterocycles. The van der Waals surface area contributed by atoms with Gasteiger partial charge in [0.15, 0.2) is 0 Å². The van der Waals surface area contributed by atoms with E-state index in [1.54, 1.807) is 7.11 Å². The van der Waals surface area contributed by atoms with Crippen molar-refractivity contribution in [3.8, 4) is 5.75 Å². The molecule has 1 heterocycles. The summed E-state index contributed by atoms with van der Waals surface area (Å²) in [5.74, 6) is 0.904. The van der Waals surface area contributed by atoms with E-state index in [1.165, 1.54) is 12.0 Å². The van der Waals surface area contributed by atoms with E-state index < -0.39 is 0 Å². The third-order valence-electron chi connectivity index (χ3n) is 3.23. The fourth-order valence-electron chi connectivity index (χ4n) is 2.19. The Hall–Kier alpha value is -1.06. The van der Waals surface area contributed by atoms with Gasteiger partial charge in [-0.3, -0.25) is 0 Å². The van der Waals surface area contributed by atoms with Crippen molar-refractivity contribution < 1.29 is 4.74 Å². The molecule has 15 heavy (non-hydrogen) atoms. The lowest BCUT2D eigenvalue weighted by Gasteiger charge is -2.44. The normalized spacial score (nSPS) is 24.7. The van der Waals surface area contributed by atoms with Gasteiger partial charge in [-0.1, -0.05) is 12.1 Å². The van der Waals surface area contributed by atoms with Crippen LogP contribution in [0, 0.1) is 0 Å². The minimum atomic E-state index is 0.126. The molecule has 2 rings (SSSR count). The predicted octanol–water partition coefficient (Wildman–Crippen LogP) is 1.23. The smallest absolute Gasteiger partial charge is 0.118 e. The first-order valence-electron chi connectivity index (χ1n) is 5.40. The zero-order valence-corrected chi connectivity index (χ0v) is 9.12. The molecule has 0 radical (unpaired) electrons. The van der Waals surface area contributed by atoms with E-state index in [4.69, 9.17) is 10.5 Å². The molecule has 82 valence electrons. The fraction of sp³-hybridized carbons (Fsp3) is 0.500. The number of ether oxygens (including phenoxy) is 1. The molecule has 3 N–H and O–H groups in total. The van der Waals surface area contributed by atoms with Gasteiger partial charge in [0.05, 0.1) is 7.11 Å². The first-order chi connectivity index (χ1) is 7.30. The summed E-state index contributed by atoms with van der Waals surface area (Å²) in [5.41, 5.74) is 7.10. The minimum Gasteiger partial charge on any atom is -0.497 e. The number of benzene rings is 1. The van der Waals surface area contributed by atoms with Crippen molar-refractivity contribution in [2.75, 3.05) is 20.2 Å². The Labute approximate surface area is 90.6 Å². The molecule has 1 aromatic rings. The van der Waals surface area contributed by atoms with Crippen LogP contribution in [0.5, 0.6) is 5.75 Å². The topological polar surface area (TPSA) is 47.3 Å². The van der Waals surface area contributed by atoms with Gasteiger partial charge in [0.1, 0.15) is 5.75 Å². The van der Waals surface area contributed by atoms with Gasteiger partial charge in [0.25, 0.3) is 0 Å². The Bertz CT molecular complexity index is 317. The summed E-state index contributed by atoms with van der Waals surface area (Å²) in [4.78, 5) is 0. The van der Waals surface area contributed by atoms with E-state index in [0.717, 1.165) is 25.3 Å². The van der Waals surface area contributed by atoms with Gasteiger partial charge in [-0.05, 0) is 43.6 Å². The molecule has 0 bridgehead atoms. The first-order valence-corrected chi connectivity index (χ1v) is 5.40. The highest BCUT2D eigenvalue weighted by molar-refractivity contribution is 5.33. The zero-order valence-electron chi connectivity index (χ0n) is 9.12. The van der Waals surface area contributed by atoms with E-state index in [-0.39, 0.29) is 5.54 Å². The van der Waals surface area contributed by atoms with E-state index in [2.05, 4.69) is 17.4 Å². The molecule has 1 aromatic carbocycles. The van der Waals surface area contributed by atoms with Crippen LogP contribution >= 0.6 is 0 Å². The van der Waals surface area contributed by atoms with Crippen LogP contribution in [-0.4, -0.2) is 20.2 Å². The lowest BCUT2D eigenvalue weighted by Crippen LogP contribution is -2.55. The van der Waals surface area contributed by atoms with Gasteiger partial charge < -0.3 is 15.8 Å². The maximum absolute atomic E-state index is 5.65. The molecule has 1 atom stereocenters. The van der Waals surface area contributed by atoms with E-state index in [1.807, 2.05) is 12.1 Å². The molecule has 1 unspecified atom stereocenters. The van der Waals surface area contributed by atoms with Crippen LogP contribution in [0.1, 0.15) is 18.4 Å². The number of rotatable bonds is 4. The molecule has 1 aliphatic heterocycles. The predicted molar refractivity (Wildman–Crippen MR) is 61.0 cm³/mol. The lowest BCUT2D eigenvalue weighted by molar-refractivity contribution is 0.196.